The van der Waals surface area contributed by atoms with Crippen molar-refractivity contribution in [2.75, 3.05) is 54.4 Å². The van der Waals surface area contributed by atoms with Gasteiger partial charge in [-0.25, -0.2) is 0 Å². The van der Waals surface area contributed by atoms with Gasteiger partial charge < -0.3 is 19.9 Å². The lowest BCUT2D eigenvalue weighted by atomic mass is 10.2. The van der Waals surface area contributed by atoms with Gasteiger partial charge in [0, 0.05) is 32.7 Å². The van der Waals surface area contributed by atoms with Crippen molar-refractivity contribution in [3.63, 3.8) is 0 Å². The van der Waals surface area contributed by atoms with Crippen LogP contribution in [0.3, 0.4) is 0 Å². The third kappa shape index (κ3) is 7.15. The zero-order valence-electron chi connectivity index (χ0n) is 12.6. The first-order valence-electron chi connectivity index (χ1n) is 6.78. The molecule has 0 spiro atoms. The van der Waals surface area contributed by atoms with Crippen molar-refractivity contribution in [1.82, 2.24) is 15.1 Å². The Labute approximate surface area is 117 Å². The monoisotopic (exact) mass is 265 g/mol. The largest absolute Gasteiger partial charge is 0.497 e. The SMILES string of the molecule is COc1ccc(CN(C)CCNCCN(C)C)cc1. The molecule has 1 rings (SSSR count). The van der Waals surface area contributed by atoms with E-state index >= 15 is 0 Å². The van der Waals surface area contributed by atoms with Gasteiger partial charge in [-0.3, -0.25) is 0 Å². The average Bonchev–Trinajstić information content (AvgIpc) is 2.39. The van der Waals surface area contributed by atoms with E-state index in [-0.39, 0.29) is 0 Å². The topological polar surface area (TPSA) is 27.7 Å². The number of rotatable bonds is 9. The second kappa shape index (κ2) is 8.91. The lowest BCUT2D eigenvalue weighted by Gasteiger charge is -2.18. The quantitative estimate of drug-likeness (QED) is 0.681. The number of ether oxygens (including phenoxy) is 1. The van der Waals surface area contributed by atoms with E-state index in [0.29, 0.717) is 0 Å². The van der Waals surface area contributed by atoms with Gasteiger partial charge in [-0.2, -0.15) is 0 Å². The van der Waals surface area contributed by atoms with E-state index in [1.165, 1.54) is 5.56 Å². The maximum Gasteiger partial charge on any atom is 0.118 e. The summed E-state index contributed by atoms with van der Waals surface area (Å²) in [6, 6.07) is 8.26. The van der Waals surface area contributed by atoms with Crippen molar-refractivity contribution in [3.05, 3.63) is 29.8 Å². The number of hydrogen-bond acceptors (Lipinski definition) is 4. The number of nitrogens with zero attached hydrogens (tertiary/aromatic N) is 2. The second-order valence-corrected chi connectivity index (χ2v) is 5.14. The Bertz CT molecular complexity index is 338. The number of nitrogens with one attached hydrogen (secondary N) is 1. The fraction of sp³-hybridized carbons (Fsp3) is 0.600. The summed E-state index contributed by atoms with van der Waals surface area (Å²) < 4.78 is 5.16. The van der Waals surface area contributed by atoms with Crippen molar-refractivity contribution in [1.29, 1.82) is 0 Å². The molecule has 0 saturated carbocycles. The van der Waals surface area contributed by atoms with Crippen LogP contribution >= 0.6 is 0 Å². The van der Waals surface area contributed by atoms with Crippen molar-refractivity contribution >= 4 is 0 Å². The molecule has 0 bridgehead atoms. The molecule has 0 amide bonds. The third-order valence-electron chi connectivity index (χ3n) is 3.02. The molecule has 4 nitrogen and oxygen atoms in total. The number of hydrogen-bond donors (Lipinski definition) is 1. The van der Waals surface area contributed by atoms with E-state index in [1.54, 1.807) is 7.11 Å². The zero-order chi connectivity index (χ0) is 14.1. The maximum absolute atomic E-state index is 5.16. The van der Waals surface area contributed by atoms with Gasteiger partial charge in [0.15, 0.2) is 0 Å². The van der Waals surface area contributed by atoms with Gasteiger partial charge in [0.1, 0.15) is 5.75 Å². The van der Waals surface area contributed by atoms with Gasteiger partial charge in [0.2, 0.25) is 0 Å². The Hall–Kier alpha value is -1.10. The van der Waals surface area contributed by atoms with Crippen molar-refractivity contribution in [2.45, 2.75) is 6.54 Å². The van der Waals surface area contributed by atoms with Crippen LogP contribution in [0.2, 0.25) is 0 Å². The zero-order valence-corrected chi connectivity index (χ0v) is 12.6. The molecule has 0 heterocycles. The highest BCUT2D eigenvalue weighted by Crippen LogP contribution is 2.12. The normalized spacial score (nSPS) is 11.3. The van der Waals surface area contributed by atoms with Crippen LogP contribution in [-0.2, 0) is 6.54 Å². The molecule has 0 aliphatic heterocycles. The van der Waals surface area contributed by atoms with Gasteiger partial charge in [-0.1, -0.05) is 12.1 Å². The van der Waals surface area contributed by atoms with Crippen LogP contribution in [0.4, 0.5) is 0 Å². The van der Waals surface area contributed by atoms with Gasteiger partial charge in [0.05, 0.1) is 7.11 Å². The van der Waals surface area contributed by atoms with Crippen molar-refractivity contribution in [2.24, 2.45) is 0 Å². The summed E-state index contributed by atoms with van der Waals surface area (Å²) in [5.41, 5.74) is 1.32. The van der Waals surface area contributed by atoms with Crippen LogP contribution in [-0.4, -0.2) is 64.2 Å². The van der Waals surface area contributed by atoms with Crippen LogP contribution in [0, 0.1) is 0 Å². The van der Waals surface area contributed by atoms with E-state index in [2.05, 4.69) is 48.4 Å². The highest BCUT2D eigenvalue weighted by Gasteiger charge is 2.00. The molecule has 1 aromatic carbocycles. The van der Waals surface area contributed by atoms with Gasteiger partial charge in [-0.15, -0.1) is 0 Å². The number of methoxy groups -OCH3 is 1. The smallest absolute Gasteiger partial charge is 0.118 e. The summed E-state index contributed by atoms with van der Waals surface area (Å²) in [5, 5.41) is 3.45. The molecule has 0 saturated heterocycles. The van der Waals surface area contributed by atoms with E-state index < -0.39 is 0 Å². The van der Waals surface area contributed by atoms with Crippen molar-refractivity contribution < 1.29 is 4.74 Å². The molecular formula is C15H27N3O. The summed E-state index contributed by atoms with van der Waals surface area (Å²) in [7, 11) is 8.04. The van der Waals surface area contributed by atoms with Crippen LogP contribution < -0.4 is 10.1 Å². The van der Waals surface area contributed by atoms with Crippen LogP contribution in [0.1, 0.15) is 5.56 Å². The third-order valence-corrected chi connectivity index (χ3v) is 3.02. The Morgan fingerprint density at radius 1 is 1.00 bits per heavy atom. The minimum Gasteiger partial charge on any atom is -0.497 e. The fourth-order valence-electron chi connectivity index (χ4n) is 1.82. The minimum absolute atomic E-state index is 0.914. The van der Waals surface area contributed by atoms with E-state index in [0.717, 1.165) is 38.5 Å². The van der Waals surface area contributed by atoms with Gasteiger partial charge >= 0.3 is 0 Å². The molecule has 0 unspecified atom stereocenters. The molecule has 0 atom stereocenters. The van der Waals surface area contributed by atoms with E-state index in [9.17, 15) is 0 Å². The predicted octanol–water partition coefficient (Wildman–Crippen LogP) is 1.28. The molecule has 4 heteroatoms. The molecule has 1 N–H and O–H groups in total. The Balaban J connectivity index is 2.17. The maximum atomic E-state index is 5.16. The molecule has 108 valence electrons. The highest BCUT2D eigenvalue weighted by atomic mass is 16.5. The Morgan fingerprint density at radius 3 is 2.21 bits per heavy atom. The van der Waals surface area contributed by atoms with E-state index in [4.69, 9.17) is 4.74 Å². The molecule has 0 fully saturated rings. The Kier molecular flexibility index (Phi) is 7.48. The lowest BCUT2D eigenvalue weighted by molar-refractivity contribution is 0.318. The molecule has 0 aliphatic carbocycles. The fourth-order valence-corrected chi connectivity index (χ4v) is 1.82. The predicted molar refractivity (Wildman–Crippen MR) is 80.8 cm³/mol. The van der Waals surface area contributed by atoms with Crippen LogP contribution in [0.25, 0.3) is 0 Å². The summed E-state index contributed by atoms with van der Waals surface area (Å²) >= 11 is 0. The van der Waals surface area contributed by atoms with Gasteiger partial charge in [0.25, 0.3) is 0 Å². The number of benzene rings is 1. The molecule has 0 aromatic heterocycles. The summed E-state index contributed by atoms with van der Waals surface area (Å²) in [6.07, 6.45) is 0. The molecule has 19 heavy (non-hydrogen) atoms. The summed E-state index contributed by atoms with van der Waals surface area (Å²) in [5.74, 6) is 0.914. The average molecular weight is 265 g/mol. The first-order valence-corrected chi connectivity index (χ1v) is 6.78. The Morgan fingerprint density at radius 2 is 1.63 bits per heavy atom. The first-order chi connectivity index (χ1) is 9.11. The van der Waals surface area contributed by atoms with E-state index in [1.807, 2.05) is 12.1 Å². The first kappa shape index (κ1) is 16.0. The molecule has 0 radical (unpaired) electrons. The van der Waals surface area contributed by atoms with Crippen LogP contribution in [0.5, 0.6) is 5.75 Å². The summed E-state index contributed by atoms with van der Waals surface area (Å²) in [6.45, 7) is 5.19. The van der Waals surface area contributed by atoms with Crippen LogP contribution in [0.15, 0.2) is 24.3 Å². The number of likely N-dealkylation sites (N-methyl/N-ethyl adjacent to an activating group) is 2. The highest BCUT2D eigenvalue weighted by molar-refractivity contribution is 5.26. The lowest BCUT2D eigenvalue weighted by Crippen LogP contribution is -2.33. The molecule has 1 aromatic rings. The van der Waals surface area contributed by atoms with Crippen molar-refractivity contribution in [3.8, 4) is 5.75 Å². The molecular weight excluding hydrogens is 238 g/mol. The van der Waals surface area contributed by atoms with Gasteiger partial charge in [-0.05, 0) is 38.8 Å². The summed E-state index contributed by atoms with van der Waals surface area (Å²) in [4.78, 5) is 4.51. The second-order valence-electron chi connectivity index (χ2n) is 5.14. The molecule has 0 aliphatic rings. The minimum atomic E-state index is 0.914. The standard InChI is InChI=1S/C15H27N3O/c1-17(2)11-9-16-10-12-18(3)13-14-5-7-15(19-4)8-6-14/h5-8,16H,9-13H2,1-4H3.